The molecule has 1 atom stereocenters. The Kier molecular flexibility index (Phi) is 6.03. The smallest absolute Gasteiger partial charge is 0.408 e. The number of nitrogen functional groups attached to an aromatic ring is 1. The van der Waals surface area contributed by atoms with Gasteiger partial charge in [-0.3, -0.25) is 4.79 Å². The molecule has 1 aromatic rings. The van der Waals surface area contributed by atoms with Crippen molar-refractivity contribution in [2.45, 2.75) is 38.8 Å². The molecule has 0 saturated heterocycles. The van der Waals surface area contributed by atoms with E-state index in [2.05, 4.69) is 5.32 Å². The van der Waals surface area contributed by atoms with E-state index < -0.39 is 23.7 Å². The summed E-state index contributed by atoms with van der Waals surface area (Å²) in [5.74, 6) is -0.543. The minimum atomic E-state index is -1.04. The van der Waals surface area contributed by atoms with Crippen LogP contribution >= 0.6 is 0 Å². The third-order valence-corrected chi connectivity index (χ3v) is 2.45. The van der Waals surface area contributed by atoms with Crippen LogP contribution in [-0.4, -0.2) is 35.4 Å². The summed E-state index contributed by atoms with van der Waals surface area (Å²) < 4.78 is 10.6. The molecule has 0 fully saturated rings. The van der Waals surface area contributed by atoms with Crippen molar-refractivity contribution in [1.29, 1.82) is 0 Å². The topological polar surface area (TPSA) is 111 Å². The van der Waals surface area contributed by atoms with Gasteiger partial charge in [0.05, 0.1) is 12.5 Å². The summed E-state index contributed by atoms with van der Waals surface area (Å²) in [7, 11) is 0. The van der Waals surface area contributed by atoms with Crippen molar-refractivity contribution in [1.82, 2.24) is 5.32 Å². The van der Waals surface area contributed by atoms with Crippen LogP contribution in [0.5, 0.6) is 5.75 Å². The molecule has 1 aromatic carbocycles. The summed E-state index contributed by atoms with van der Waals surface area (Å²) in [6, 6.07) is 6.03. The largest absolute Gasteiger partial charge is 0.491 e. The molecule has 22 heavy (non-hydrogen) atoms. The van der Waals surface area contributed by atoms with Crippen LogP contribution in [0.3, 0.4) is 0 Å². The molecule has 122 valence electrons. The number of benzene rings is 1. The first-order valence-corrected chi connectivity index (χ1v) is 6.85. The molecular formula is C15H22N2O5. The van der Waals surface area contributed by atoms with Crippen molar-refractivity contribution >= 4 is 17.7 Å². The predicted octanol–water partition coefficient (Wildman–Crippen LogP) is 2.02. The van der Waals surface area contributed by atoms with Crippen LogP contribution in [0.4, 0.5) is 10.5 Å². The van der Waals surface area contributed by atoms with Crippen LogP contribution in [-0.2, 0) is 9.53 Å². The Labute approximate surface area is 129 Å². The summed E-state index contributed by atoms with van der Waals surface area (Å²) >= 11 is 0. The minimum Gasteiger partial charge on any atom is -0.491 e. The van der Waals surface area contributed by atoms with Gasteiger partial charge in [0, 0.05) is 11.8 Å². The summed E-state index contributed by atoms with van der Waals surface area (Å²) in [5.41, 5.74) is 5.51. The standard InChI is InChI=1S/C15H22N2O5/c1-15(2,3)22-14(20)17-11(8-13(18)19)9-21-12-6-4-5-10(16)7-12/h4-7,11H,8-9,16H2,1-3H3,(H,17,20)(H,18,19)/t11-/m1/s1. The van der Waals surface area contributed by atoms with E-state index in [0.29, 0.717) is 11.4 Å². The van der Waals surface area contributed by atoms with Crippen molar-refractivity contribution in [3.63, 3.8) is 0 Å². The number of ether oxygens (including phenoxy) is 2. The zero-order valence-corrected chi connectivity index (χ0v) is 13.0. The number of hydrogen-bond donors (Lipinski definition) is 3. The number of carbonyl (C=O) groups excluding carboxylic acids is 1. The number of amides is 1. The monoisotopic (exact) mass is 310 g/mol. The van der Waals surface area contributed by atoms with Gasteiger partial charge in [-0.05, 0) is 32.9 Å². The first-order chi connectivity index (χ1) is 10.2. The van der Waals surface area contributed by atoms with Gasteiger partial charge in [0.15, 0.2) is 0 Å². The number of carbonyl (C=O) groups is 2. The summed E-state index contributed by atoms with van der Waals surface area (Å²) in [6.07, 6.45) is -0.961. The molecule has 0 heterocycles. The lowest BCUT2D eigenvalue weighted by molar-refractivity contribution is -0.137. The van der Waals surface area contributed by atoms with E-state index in [-0.39, 0.29) is 13.0 Å². The molecule has 0 aliphatic carbocycles. The average molecular weight is 310 g/mol. The number of aliphatic carboxylic acids is 1. The lowest BCUT2D eigenvalue weighted by Gasteiger charge is -2.23. The highest BCUT2D eigenvalue weighted by molar-refractivity contribution is 5.71. The van der Waals surface area contributed by atoms with E-state index in [9.17, 15) is 9.59 Å². The minimum absolute atomic E-state index is 0.00496. The molecule has 7 nitrogen and oxygen atoms in total. The number of nitrogens with two attached hydrogens (primary N) is 1. The molecular weight excluding hydrogens is 288 g/mol. The fourth-order valence-corrected chi connectivity index (χ4v) is 1.64. The number of rotatable bonds is 6. The number of nitrogens with one attached hydrogen (secondary N) is 1. The molecule has 1 amide bonds. The second-order valence-corrected chi connectivity index (χ2v) is 5.82. The van der Waals surface area contributed by atoms with Crippen molar-refractivity contribution in [3.05, 3.63) is 24.3 Å². The quantitative estimate of drug-likeness (QED) is 0.693. The van der Waals surface area contributed by atoms with Crippen LogP contribution in [0.2, 0.25) is 0 Å². The van der Waals surface area contributed by atoms with Gasteiger partial charge in [0.2, 0.25) is 0 Å². The molecule has 7 heteroatoms. The van der Waals surface area contributed by atoms with Crippen molar-refractivity contribution in [2.24, 2.45) is 0 Å². The van der Waals surface area contributed by atoms with Crippen LogP contribution in [0, 0.1) is 0 Å². The SMILES string of the molecule is CC(C)(C)OC(=O)N[C@@H](COc1cccc(N)c1)CC(=O)O. The summed E-state index contributed by atoms with van der Waals surface area (Å²) in [6.45, 7) is 5.17. The Hall–Kier alpha value is -2.44. The molecule has 0 unspecified atom stereocenters. The van der Waals surface area contributed by atoms with E-state index in [4.69, 9.17) is 20.3 Å². The Bertz CT molecular complexity index is 525. The van der Waals surface area contributed by atoms with Gasteiger partial charge in [-0.25, -0.2) is 4.79 Å². The number of carboxylic acids is 1. The van der Waals surface area contributed by atoms with E-state index >= 15 is 0 Å². The van der Waals surface area contributed by atoms with Gasteiger partial charge < -0.3 is 25.6 Å². The highest BCUT2D eigenvalue weighted by Crippen LogP contribution is 2.15. The maximum atomic E-state index is 11.7. The first kappa shape index (κ1) is 17.6. The first-order valence-electron chi connectivity index (χ1n) is 6.85. The third-order valence-electron chi connectivity index (χ3n) is 2.45. The molecule has 4 N–H and O–H groups in total. The fourth-order valence-electron chi connectivity index (χ4n) is 1.64. The van der Waals surface area contributed by atoms with Gasteiger partial charge in [0.25, 0.3) is 0 Å². The molecule has 0 aromatic heterocycles. The van der Waals surface area contributed by atoms with E-state index in [1.807, 2.05) is 0 Å². The molecule has 0 saturated carbocycles. The van der Waals surface area contributed by atoms with E-state index in [1.165, 1.54) is 0 Å². The molecule has 0 aliphatic heterocycles. The van der Waals surface area contributed by atoms with Crippen LogP contribution in [0.25, 0.3) is 0 Å². The van der Waals surface area contributed by atoms with Gasteiger partial charge in [0.1, 0.15) is 18.0 Å². The normalized spacial score (nSPS) is 12.3. The van der Waals surface area contributed by atoms with Gasteiger partial charge in [-0.2, -0.15) is 0 Å². The zero-order chi connectivity index (χ0) is 16.8. The maximum Gasteiger partial charge on any atom is 0.408 e. The summed E-state index contributed by atoms with van der Waals surface area (Å²) in [4.78, 5) is 22.6. The van der Waals surface area contributed by atoms with Crippen LogP contribution in [0.1, 0.15) is 27.2 Å². The molecule has 0 aliphatic rings. The van der Waals surface area contributed by atoms with E-state index in [1.54, 1.807) is 45.0 Å². The second kappa shape index (κ2) is 7.53. The second-order valence-electron chi connectivity index (χ2n) is 5.82. The zero-order valence-electron chi connectivity index (χ0n) is 13.0. The fraction of sp³-hybridized carbons (Fsp3) is 0.467. The molecule has 0 radical (unpaired) electrons. The van der Waals surface area contributed by atoms with Gasteiger partial charge >= 0.3 is 12.1 Å². The highest BCUT2D eigenvalue weighted by Gasteiger charge is 2.21. The Morgan fingerprint density at radius 1 is 1.36 bits per heavy atom. The third kappa shape index (κ3) is 7.37. The van der Waals surface area contributed by atoms with Gasteiger partial charge in [-0.15, -0.1) is 0 Å². The molecule has 0 bridgehead atoms. The Morgan fingerprint density at radius 2 is 2.05 bits per heavy atom. The number of alkyl carbamates (subject to hydrolysis) is 1. The number of hydrogen-bond acceptors (Lipinski definition) is 5. The lowest BCUT2D eigenvalue weighted by atomic mass is 10.2. The predicted molar refractivity (Wildman–Crippen MR) is 81.8 cm³/mol. The van der Waals surface area contributed by atoms with Crippen molar-refractivity contribution in [3.8, 4) is 5.75 Å². The lowest BCUT2D eigenvalue weighted by Crippen LogP contribution is -2.43. The number of anilines is 1. The molecule has 0 spiro atoms. The van der Waals surface area contributed by atoms with Crippen LogP contribution in [0.15, 0.2) is 24.3 Å². The van der Waals surface area contributed by atoms with Gasteiger partial charge in [-0.1, -0.05) is 6.07 Å². The summed E-state index contributed by atoms with van der Waals surface area (Å²) in [5, 5.41) is 11.4. The van der Waals surface area contributed by atoms with E-state index in [0.717, 1.165) is 0 Å². The maximum absolute atomic E-state index is 11.7. The molecule has 1 rings (SSSR count). The van der Waals surface area contributed by atoms with Crippen molar-refractivity contribution in [2.75, 3.05) is 12.3 Å². The highest BCUT2D eigenvalue weighted by atomic mass is 16.6. The van der Waals surface area contributed by atoms with Crippen molar-refractivity contribution < 1.29 is 24.2 Å². The average Bonchev–Trinajstić information content (AvgIpc) is 2.33. The Morgan fingerprint density at radius 3 is 2.59 bits per heavy atom. The number of carboxylic acid groups (broad SMARTS) is 1. The Balaban J connectivity index is 2.60. The van der Waals surface area contributed by atoms with Crippen LogP contribution < -0.4 is 15.8 Å².